The first-order chi connectivity index (χ1) is 14.8. The van der Waals surface area contributed by atoms with Crippen molar-refractivity contribution in [3.63, 3.8) is 0 Å². The third-order valence-electron chi connectivity index (χ3n) is 6.65. The smallest absolute Gasteiger partial charge is 0.341 e. The van der Waals surface area contributed by atoms with Crippen LogP contribution in [0.1, 0.15) is 40.9 Å². The van der Waals surface area contributed by atoms with E-state index in [1.807, 2.05) is 6.92 Å². The maximum Gasteiger partial charge on any atom is 0.341 e. The van der Waals surface area contributed by atoms with Gasteiger partial charge in [0.05, 0.1) is 18.9 Å². The lowest BCUT2D eigenvalue weighted by atomic mass is 9.58. The van der Waals surface area contributed by atoms with Crippen LogP contribution in [-0.4, -0.2) is 30.1 Å². The maximum atomic E-state index is 13.4. The number of rotatable bonds is 5. The first-order valence-corrected chi connectivity index (χ1v) is 11.1. The Morgan fingerprint density at radius 3 is 2.19 bits per heavy atom. The van der Waals surface area contributed by atoms with Crippen molar-refractivity contribution in [3.8, 4) is 11.1 Å². The minimum absolute atomic E-state index is 0.0122. The van der Waals surface area contributed by atoms with Crippen LogP contribution >= 0.6 is 11.3 Å². The lowest BCUT2D eigenvalue weighted by molar-refractivity contribution is -0.156. The molecule has 2 bridgehead atoms. The van der Waals surface area contributed by atoms with E-state index < -0.39 is 29.6 Å². The molecule has 0 spiro atoms. The summed E-state index contributed by atoms with van der Waals surface area (Å²) in [6, 6.07) is 5.76. The molecule has 2 aromatic rings. The monoisotopic (exact) mass is 445 g/mol. The average molecular weight is 446 g/mol. The fraction of sp³-hybridized carbons (Fsp3) is 0.435. The van der Waals surface area contributed by atoms with E-state index >= 15 is 0 Å². The summed E-state index contributed by atoms with van der Waals surface area (Å²) in [5.41, 5.74) is 1.42. The highest BCUT2D eigenvalue weighted by Crippen LogP contribution is 2.50. The minimum Gasteiger partial charge on any atom is -0.481 e. The van der Waals surface area contributed by atoms with Gasteiger partial charge in [0.1, 0.15) is 16.4 Å². The van der Waals surface area contributed by atoms with Crippen LogP contribution in [0.4, 0.5) is 9.39 Å². The molecule has 3 aliphatic rings. The van der Waals surface area contributed by atoms with Gasteiger partial charge in [-0.15, -0.1) is 11.3 Å². The molecule has 3 fully saturated rings. The Labute approximate surface area is 183 Å². The number of halogens is 1. The molecule has 1 amide bonds. The number of aliphatic carboxylic acids is 1. The van der Waals surface area contributed by atoms with Gasteiger partial charge in [-0.05, 0) is 62.1 Å². The van der Waals surface area contributed by atoms with Crippen LogP contribution in [0.2, 0.25) is 0 Å². The molecule has 8 heteroatoms. The second-order valence-corrected chi connectivity index (χ2v) is 9.51. The highest BCUT2D eigenvalue weighted by atomic mass is 32.1. The molecule has 2 N–H and O–H groups in total. The van der Waals surface area contributed by atoms with E-state index in [-0.39, 0.29) is 23.3 Å². The summed E-state index contributed by atoms with van der Waals surface area (Å²) in [6.45, 7) is 1.81. The van der Waals surface area contributed by atoms with Crippen LogP contribution in [0.15, 0.2) is 24.3 Å². The zero-order valence-electron chi connectivity index (χ0n) is 17.3. The van der Waals surface area contributed by atoms with Gasteiger partial charge in [-0.3, -0.25) is 9.59 Å². The molecule has 31 heavy (non-hydrogen) atoms. The van der Waals surface area contributed by atoms with Crippen molar-refractivity contribution in [2.75, 3.05) is 12.4 Å². The topological polar surface area (TPSA) is 92.7 Å². The number of aryl methyl sites for hydroxylation is 1. The first-order valence-electron chi connectivity index (χ1n) is 10.3. The summed E-state index contributed by atoms with van der Waals surface area (Å²) in [5, 5.41) is 12.9. The number of hydrogen-bond acceptors (Lipinski definition) is 5. The molecule has 2 atom stereocenters. The van der Waals surface area contributed by atoms with Gasteiger partial charge >= 0.3 is 11.9 Å². The second kappa shape index (κ2) is 8.42. The average Bonchev–Trinajstić information content (AvgIpc) is 3.09. The fourth-order valence-electron chi connectivity index (χ4n) is 5.27. The highest BCUT2D eigenvalue weighted by Gasteiger charge is 2.50. The van der Waals surface area contributed by atoms with Gasteiger partial charge in [0.2, 0.25) is 5.91 Å². The summed E-state index contributed by atoms with van der Waals surface area (Å²) in [7, 11) is 1.26. The standard InChI is InChI=1S/C23H24FNO5S/c1-11-16(12-7-9-15(24)10-8-12)19(23(29)30-2)21(31-11)25-20(26)17-13-3-5-14(6-4-13)18(17)22(27)28/h7-10,13-14,17-18H,3-6H2,1-2H3,(H,25,26)(H,27,28). The van der Waals surface area contributed by atoms with Crippen molar-refractivity contribution in [1.29, 1.82) is 0 Å². The Bertz CT molecular complexity index is 1020. The Balaban J connectivity index is 1.70. The highest BCUT2D eigenvalue weighted by molar-refractivity contribution is 7.17. The largest absolute Gasteiger partial charge is 0.481 e. The summed E-state index contributed by atoms with van der Waals surface area (Å²) in [5.74, 6) is -3.57. The SMILES string of the molecule is COC(=O)c1c(NC(=O)C2C3CCC(CC3)C2C(=O)O)sc(C)c1-c1ccc(F)cc1. The van der Waals surface area contributed by atoms with Crippen LogP contribution < -0.4 is 5.32 Å². The number of hydrogen-bond donors (Lipinski definition) is 2. The quantitative estimate of drug-likeness (QED) is 0.650. The number of anilines is 1. The Morgan fingerprint density at radius 2 is 1.65 bits per heavy atom. The lowest BCUT2D eigenvalue weighted by Gasteiger charge is -2.45. The summed E-state index contributed by atoms with van der Waals surface area (Å²) < 4.78 is 18.4. The second-order valence-electron chi connectivity index (χ2n) is 8.29. The number of thiophene rings is 1. The van der Waals surface area contributed by atoms with E-state index in [1.54, 1.807) is 12.1 Å². The summed E-state index contributed by atoms with van der Waals surface area (Å²) in [4.78, 5) is 38.6. The van der Waals surface area contributed by atoms with E-state index in [0.717, 1.165) is 30.6 Å². The number of carboxylic acids is 1. The molecule has 2 unspecified atom stereocenters. The molecule has 1 heterocycles. The summed E-state index contributed by atoms with van der Waals surface area (Å²) >= 11 is 1.23. The van der Waals surface area contributed by atoms with E-state index in [2.05, 4.69) is 5.32 Å². The molecule has 0 aliphatic heterocycles. The number of amides is 1. The molecule has 3 saturated carbocycles. The van der Waals surface area contributed by atoms with Crippen molar-refractivity contribution in [1.82, 2.24) is 0 Å². The van der Waals surface area contributed by atoms with E-state index in [9.17, 15) is 23.9 Å². The number of carbonyl (C=O) groups is 3. The van der Waals surface area contributed by atoms with Gasteiger partial charge in [-0.1, -0.05) is 12.1 Å². The van der Waals surface area contributed by atoms with Crippen molar-refractivity contribution in [3.05, 3.63) is 40.5 Å². The molecular formula is C23H24FNO5S. The van der Waals surface area contributed by atoms with Crippen LogP contribution in [0.3, 0.4) is 0 Å². The van der Waals surface area contributed by atoms with Crippen LogP contribution in [0, 0.1) is 36.4 Å². The first kappa shape index (κ1) is 21.5. The number of benzene rings is 1. The molecular weight excluding hydrogens is 421 g/mol. The Hall–Kier alpha value is -2.74. The number of nitrogens with one attached hydrogen (secondary N) is 1. The molecule has 5 rings (SSSR count). The number of carbonyl (C=O) groups excluding carboxylic acids is 2. The van der Waals surface area contributed by atoms with Crippen LogP contribution in [0.5, 0.6) is 0 Å². The number of esters is 1. The van der Waals surface area contributed by atoms with Crippen LogP contribution in [0.25, 0.3) is 11.1 Å². The van der Waals surface area contributed by atoms with E-state index in [4.69, 9.17) is 4.74 Å². The van der Waals surface area contributed by atoms with E-state index in [1.165, 1.54) is 30.6 Å². The van der Waals surface area contributed by atoms with Crippen molar-refractivity contribution in [2.24, 2.45) is 23.7 Å². The van der Waals surface area contributed by atoms with Gasteiger partial charge in [0.15, 0.2) is 0 Å². The zero-order valence-corrected chi connectivity index (χ0v) is 18.1. The maximum absolute atomic E-state index is 13.4. The number of methoxy groups -OCH3 is 1. The normalized spacial score (nSPS) is 24.6. The molecule has 0 radical (unpaired) electrons. The lowest BCUT2D eigenvalue weighted by Crippen LogP contribution is -2.49. The molecule has 1 aromatic heterocycles. The predicted octanol–water partition coefficient (Wildman–Crippen LogP) is 4.72. The number of fused-ring (bicyclic) bond motifs is 3. The number of ether oxygens (including phenoxy) is 1. The van der Waals surface area contributed by atoms with Gasteiger partial charge in [0, 0.05) is 10.4 Å². The van der Waals surface area contributed by atoms with E-state index in [0.29, 0.717) is 16.1 Å². The molecule has 3 aliphatic carbocycles. The zero-order chi connectivity index (χ0) is 22.3. The fourth-order valence-corrected chi connectivity index (χ4v) is 6.34. The molecule has 6 nitrogen and oxygen atoms in total. The molecule has 0 saturated heterocycles. The Morgan fingerprint density at radius 1 is 1.06 bits per heavy atom. The minimum atomic E-state index is -0.933. The van der Waals surface area contributed by atoms with Crippen molar-refractivity contribution in [2.45, 2.75) is 32.6 Å². The summed E-state index contributed by atoms with van der Waals surface area (Å²) in [6.07, 6.45) is 3.37. The van der Waals surface area contributed by atoms with Crippen molar-refractivity contribution >= 4 is 34.2 Å². The van der Waals surface area contributed by atoms with Crippen molar-refractivity contribution < 1.29 is 28.6 Å². The number of carboxylic acid groups (broad SMARTS) is 1. The van der Waals surface area contributed by atoms with Gasteiger partial charge in [-0.2, -0.15) is 0 Å². The van der Waals surface area contributed by atoms with Gasteiger partial charge in [-0.25, -0.2) is 9.18 Å². The third kappa shape index (κ3) is 3.84. The molecule has 164 valence electrons. The molecule has 1 aromatic carbocycles. The Kier molecular flexibility index (Phi) is 5.83. The third-order valence-corrected chi connectivity index (χ3v) is 7.67. The van der Waals surface area contributed by atoms with Crippen LogP contribution in [-0.2, 0) is 14.3 Å². The van der Waals surface area contributed by atoms with Gasteiger partial charge < -0.3 is 15.2 Å². The predicted molar refractivity (Wildman–Crippen MR) is 114 cm³/mol. The van der Waals surface area contributed by atoms with Gasteiger partial charge in [0.25, 0.3) is 0 Å².